The number of nitrogens with one attached hydrogen (secondary N) is 1. The van der Waals surface area contributed by atoms with Crippen LogP contribution in [0.5, 0.6) is 0 Å². The third-order valence-corrected chi connectivity index (χ3v) is 7.12. The summed E-state index contributed by atoms with van der Waals surface area (Å²) >= 11 is 6.15. The van der Waals surface area contributed by atoms with E-state index in [1.54, 1.807) is 18.2 Å². The van der Waals surface area contributed by atoms with Crippen molar-refractivity contribution in [2.45, 2.75) is 37.0 Å². The number of halogens is 1. The fourth-order valence-corrected chi connectivity index (χ4v) is 4.78. The number of aryl methyl sites for hydroxylation is 2. The van der Waals surface area contributed by atoms with Gasteiger partial charge in [-0.05, 0) is 60.4 Å². The standard InChI is InChI=1S/C25H25ClN2O6S/c1-15-11-19(26)6-9-21(15)22(16-3-7-20(8-4-16)35(2,33)34)13-23(28-32)18-12-17(5-10-24(29)30)25(31)27-14-18/h3-4,6-9,11-12,14,22,32H,5,10,13H2,1-2H3,(H,27,31)(H,29,30)/b28-23+. The van der Waals surface area contributed by atoms with Crippen LogP contribution in [0, 0.1) is 6.92 Å². The molecule has 8 nitrogen and oxygen atoms in total. The van der Waals surface area contributed by atoms with Crippen molar-refractivity contribution in [1.29, 1.82) is 0 Å². The second-order valence-electron chi connectivity index (χ2n) is 8.28. The highest BCUT2D eigenvalue weighted by Crippen LogP contribution is 2.33. The van der Waals surface area contributed by atoms with Crippen molar-refractivity contribution >= 4 is 33.1 Å². The largest absolute Gasteiger partial charge is 0.481 e. The van der Waals surface area contributed by atoms with Gasteiger partial charge in [0.2, 0.25) is 0 Å². The first-order valence-corrected chi connectivity index (χ1v) is 13.0. The Kier molecular flexibility index (Phi) is 8.14. The smallest absolute Gasteiger partial charge is 0.303 e. The third-order valence-electron chi connectivity index (χ3n) is 5.76. The van der Waals surface area contributed by atoms with E-state index >= 15 is 0 Å². The molecule has 0 aliphatic rings. The number of hydrogen-bond donors (Lipinski definition) is 3. The van der Waals surface area contributed by atoms with Crippen molar-refractivity contribution in [3.8, 4) is 0 Å². The van der Waals surface area contributed by atoms with Gasteiger partial charge >= 0.3 is 5.97 Å². The summed E-state index contributed by atoms with van der Waals surface area (Å²) in [5.74, 6) is -1.36. The lowest BCUT2D eigenvalue weighted by Gasteiger charge is -2.21. The first kappa shape index (κ1) is 26.2. The summed E-state index contributed by atoms with van der Waals surface area (Å²) in [6.45, 7) is 1.90. The number of rotatable bonds is 9. The van der Waals surface area contributed by atoms with Crippen LogP contribution in [-0.2, 0) is 21.1 Å². The number of carbonyl (C=O) groups is 1. The second kappa shape index (κ2) is 10.9. The molecule has 2 aromatic carbocycles. The fraction of sp³-hybridized carbons (Fsp3) is 0.240. The molecule has 0 saturated carbocycles. The molecule has 0 amide bonds. The van der Waals surface area contributed by atoms with Crippen molar-refractivity contribution in [3.63, 3.8) is 0 Å². The number of aromatic amines is 1. The van der Waals surface area contributed by atoms with Crippen LogP contribution in [0.4, 0.5) is 0 Å². The number of oxime groups is 1. The lowest BCUT2D eigenvalue weighted by molar-refractivity contribution is -0.136. The highest BCUT2D eigenvalue weighted by Gasteiger charge is 2.22. The SMILES string of the molecule is Cc1cc(Cl)ccc1C(C/C(=N\O)c1c[nH]c(=O)c(CCC(=O)O)c1)c1ccc(S(C)(=O)=O)cc1. The molecule has 1 heterocycles. The van der Waals surface area contributed by atoms with Crippen molar-refractivity contribution in [2.75, 3.05) is 6.26 Å². The summed E-state index contributed by atoms with van der Waals surface area (Å²) < 4.78 is 23.8. The van der Waals surface area contributed by atoms with Crippen LogP contribution in [-0.4, -0.2) is 41.7 Å². The number of benzene rings is 2. The van der Waals surface area contributed by atoms with Gasteiger partial charge in [0.25, 0.3) is 5.56 Å². The second-order valence-corrected chi connectivity index (χ2v) is 10.7. The number of H-pyrrole nitrogens is 1. The number of hydrogen-bond acceptors (Lipinski definition) is 6. The van der Waals surface area contributed by atoms with Gasteiger partial charge in [-0.1, -0.05) is 35.0 Å². The number of nitrogens with zero attached hydrogens (tertiary/aromatic N) is 1. The maximum atomic E-state index is 12.1. The lowest BCUT2D eigenvalue weighted by Crippen LogP contribution is -2.18. The monoisotopic (exact) mass is 516 g/mol. The predicted molar refractivity (Wildman–Crippen MR) is 134 cm³/mol. The summed E-state index contributed by atoms with van der Waals surface area (Å²) in [5.41, 5.74) is 3.16. The first-order valence-electron chi connectivity index (χ1n) is 10.7. The molecule has 3 aromatic rings. The minimum absolute atomic E-state index is 0.0316. The zero-order valence-electron chi connectivity index (χ0n) is 19.2. The molecule has 0 fully saturated rings. The highest BCUT2D eigenvalue weighted by atomic mass is 35.5. The molecular formula is C25H25ClN2O6S. The third kappa shape index (κ3) is 6.58. The molecule has 3 rings (SSSR count). The predicted octanol–water partition coefficient (Wildman–Crippen LogP) is 4.16. The van der Waals surface area contributed by atoms with Crippen molar-refractivity contribution in [3.05, 3.63) is 97.9 Å². The van der Waals surface area contributed by atoms with Crippen molar-refractivity contribution < 1.29 is 23.5 Å². The number of carboxylic acids is 1. The average molecular weight is 517 g/mol. The zero-order chi connectivity index (χ0) is 25.8. The first-order chi connectivity index (χ1) is 16.5. The number of carboxylic acid groups (broad SMARTS) is 1. The minimum Gasteiger partial charge on any atom is -0.481 e. The van der Waals surface area contributed by atoms with E-state index < -0.39 is 21.4 Å². The van der Waals surface area contributed by atoms with Gasteiger partial charge < -0.3 is 15.3 Å². The van der Waals surface area contributed by atoms with Crippen LogP contribution in [0.3, 0.4) is 0 Å². The van der Waals surface area contributed by atoms with Crippen LogP contribution < -0.4 is 5.56 Å². The van der Waals surface area contributed by atoms with Crippen LogP contribution >= 0.6 is 11.6 Å². The van der Waals surface area contributed by atoms with Gasteiger partial charge in [0.05, 0.1) is 10.6 Å². The Labute approximate surface area is 207 Å². The Morgan fingerprint density at radius 2 is 1.83 bits per heavy atom. The van der Waals surface area contributed by atoms with E-state index in [9.17, 15) is 23.2 Å². The molecule has 0 bridgehead atoms. The maximum Gasteiger partial charge on any atom is 0.303 e. The molecule has 0 spiro atoms. The van der Waals surface area contributed by atoms with Gasteiger partial charge in [0, 0.05) is 47.4 Å². The molecule has 184 valence electrons. The van der Waals surface area contributed by atoms with Crippen LogP contribution in [0.15, 0.2) is 69.6 Å². The quantitative estimate of drug-likeness (QED) is 0.222. The van der Waals surface area contributed by atoms with E-state index in [0.29, 0.717) is 10.6 Å². The van der Waals surface area contributed by atoms with E-state index in [-0.39, 0.29) is 41.4 Å². The minimum atomic E-state index is -3.37. The van der Waals surface area contributed by atoms with E-state index in [1.165, 1.54) is 24.4 Å². The normalized spacial score (nSPS) is 12.9. The van der Waals surface area contributed by atoms with Crippen LogP contribution in [0.2, 0.25) is 5.02 Å². The van der Waals surface area contributed by atoms with Gasteiger partial charge in [-0.2, -0.15) is 0 Å². The molecule has 0 saturated heterocycles. The summed E-state index contributed by atoms with van der Waals surface area (Å²) in [4.78, 5) is 25.8. The van der Waals surface area contributed by atoms with E-state index in [1.807, 2.05) is 19.1 Å². The van der Waals surface area contributed by atoms with Gasteiger partial charge in [-0.25, -0.2) is 8.42 Å². The molecular weight excluding hydrogens is 492 g/mol. The summed E-state index contributed by atoms with van der Waals surface area (Å²) in [7, 11) is -3.37. The highest BCUT2D eigenvalue weighted by molar-refractivity contribution is 7.90. The number of aromatic nitrogens is 1. The zero-order valence-corrected chi connectivity index (χ0v) is 20.7. The molecule has 3 N–H and O–H groups in total. The van der Waals surface area contributed by atoms with Gasteiger partial charge in [-0.15, -0.1) is 0 Å². The molecule has 1 unspecified atom stereocenters. The molecule has 10 heteroatoms. The van der Waals surface area contributed by atoms with Crippen LogP contribution in [0.1, 0.15) is 46.6 Å². The van der Waals surface area contributed by atoms with Gasteiger partial charge in [-0.3, -0.25) is 9.59 Å². The maximum absolute atomic E-state index is 12.1. The molecule has 0 radical (unpaired) electrons. The Morgan fingerprint density at radius 3 is 2.40 bits per heavy atom. The van der Waals surface area contributed by atoms with Gasteiger partial charge in [0.15, 0.2) is 9.84 Å². The van der Waals surface area contributed by atoms with Crippen molar-refractivity contribution in [1.82, 2.24) is 4.98 Å². The Balaban J connectivity index is 2.05. The Bertz CT molecular complexity index is 1430. The molecule has 0 aliphatic heterocycles. The van der Waals surface area contributed by atoms with Gasteiger partial charge in [0.1, 0.15) is 0 Å². The van der Waals surface area contributed by atoms with E-state index in [0.717, 1.165) is 22.9 Å². The summed E-state index contributed by atoms with van der Waals surface area (Å²) in [6, 6.07) is 13.5. The van der Waals surface area contributed by atoms with E-state index in [2.05, 4.69) is 10.1 Å². The number of sulfone groups is 1. The molecule has 1 atom stereocenters. The average Bonchev–Trinajstić information content (AvgIpc) is 2.80. The Morgan fingerprint density at radius 1 is 1.14 bits per heavy atom. The molecule has 35 heavy (non-hydrogen) atoms. The molecule has 1 aromatic heterocycles. The van der Waals surface area contributed by atoms with E-state index in [4.69, 9.17) is 16.7 Å². The topological polar surface area (TPSA) is 137 Å². The Hall–Kier alpha value is -3.43. The summed E-state index contributed by atoms with van der Waals surface area (Å²) in [6.07, 6.45) is 2.58. The number of aliphatic carboxylic acids is 1. The lowest BCUT2D eigenvalue weighted by atomic mass is 9.83. The molecule has 0 aliphatic carbocycles. The number of pyridine rings is 1. The fourth-order valence-electron chi connectivity index (χ4n) is 3.92. The summed E-state index contributed by atoms with van der Waals surface area (Å²) in [5, 5.41) is 22.9. The van der Waals surface area contributed by atoms with Crippen molar-refractivity contribution in [2.24, 2.45) is 5.16 Å². The van der Waals surface area contributed by atoms with Crippen LogP contribution in [0.25, 0.3) is 0 Å².